The van der Waals surface area contributed by atoms with E-state index in [0.29, 0.717) is 53.6 Å². The summed E-state index contributed by atoms with van der Waals surface area (Å²) in [7, 11) is 4.00. The second-order valence-electron chi connectivity index (χ2n) is 14.6. The Balaban J connectivity index is 0.000000167. The summed E-state index contributed by atoms with van der Waals surface area (Å²) in [5, 5.41) is 39.8. The number of pyridine rings is 2. The van der Waals surface area contributed by atoms with E-state index in [0.717, 1.165) is 76.2 Å². The number of aliphatic hydroxyl groups is 2. The van der Waals surface area contributed by atoms with Gasteiger partial charge in [-0.05, 0) is 126 Å². The zero-order chi connectivity index (χ0) is 37.9. The zero-order valence-electron chi connectivity index (χ0n) is 30.7. The minimum Gasteiger partial charge on any atom is -0.478 e. The molecule has 4 N–H and O–H groups in total. The Morgan fingerprint density at radius 2 is 1.26 bits per heavy atom. The van der Waals surface area contributed by atoms with Gasteiger partial charge >= 0.3 is 11.9 Å². The van der Waals surface area contributed by atoms with Crippen LogP contribution in [0.25, 0.3) is 27.9 Å². The Morgan fingerprint density at radius 1 is 0.741 bits per heavy atom. The number of benzene rings is 2. The van der Waals surface area contributed by atoms with Crippen LogP contribution in [-0.4, -0.2) is 64.7 Å². The number of nitrogens with zero attached hydrogens (tertiary/aromatic N) is 4. The quantitative estimate of drug-likeness (QED) is 0.0961. The second-order valence-corrected chi connectivity index (χ2v) is 14.6. The molecule has 10 nitrogen and oxygen atoms in total. The Hall–Kier alpha value is -5.58. The van der Waals surface area contributed by atoms with Gasteiger partial charge in [0.05, 0.1) is 40.2 Å². The summed E-state index contributed by atoms with van der Waals surface area (Å²) in [5.41, 5.74) is 10.3. The number of carboxylic acid groups (broad SMARTS) is 2. The minimum atomic E-state index is -0.929. The average molecular weight is 727 g/mol. The van der Waals surface area contributed by atoms with Gasteiger partial charge in [-0.25, -0.2) is 9.59 Å². The van der Waals surface area contributed by atoms with Crippen molar-refractivity contribution in [2.75, 3.05) is 13.2 Å². The molecule has 10 heteroatoms. The maximum atomic E-state index is 11.8. The van der Waals surface area contributed by atoms with E-state index in [-0.39, 0.29) is 13.2 Å². The van der Waals surface area contributed by atoms with E-state index in [2.05, 4.69) is 38.8 Å². The number of carboxylic acids is 2. The highest BCUT2D eigenvalue weighted by Gasteiger charge is 2.27. The summed E-state index contributed by atoms with van der Waals surface area (Å²) in [5.74, 6) is -0.890. The lowest BCUT2D eigenvalue weighted by Crippen LogP contribution is -2.07. The Bertz CT molecular complexity index is 2380. The first kappa shape index (κ1) is 36.8. The molecule has 0 saturated heterocycles. The van der Waals surface area contributed by atoms with Crippen LogP contribution in [0.1, 0.15) is 109 Å². The van der Waals surface area contributed by atoms with Crippen LogP contribution in [-0.2, 0) is 33.4 Å². The molecule has 2 aliphatic carbocycles. The molecule has 8 rings (SSSR count). The normalized spacial score (nSPS) is 14.1. The van der Waals surface area contributed by atoms with E-state index in [4.69, 9.17) is 5.11 Å². The standard InChI is InChI=1S/C22H24N2O3.C22H22N2O3/c2*1-24-7-6-17-10-14(9-16(21(17)24)3-2-8-25)11-20-19(22(26)27)12-18(13-23-20)15-4-5-15/h6-7,9-10,12-13,15,25H,2-5,8,11H2,1H3,(H,26,27);2-3,6-7,9-10,12-13,15,25H,4-5,8,11H2,1H3,(H,26,27)/b;3-2+. The molecule has 2 aliphatic rings. The van der Waals surface area contributed by atoms with Crippen molar-refractivity contribution in [2.24, 2.45) is 14.1 Å². The van der Waals surface area contributed by atoms with Crippen molar-refractivity contribution in [1.82, 2.24) is 19.1 Å². The topological polar surface area (TPSA) is 151 Å². The van der Waals surface area contributed by atoms with E-state index >= 15 is 0 Å². The monoisotopic (exact) mass is 726 g/mol. The maximum Gasteiger partial charge on any atom is 0.337 e. The largest absolute Gasteiger partial charge is 0.478 e. The smallest absolute Gasteiger partial charge is 0.337 e. The number of rotatable bonds is 13. The van der Waals surface area contributed by atoms with Gasteiger partial charge in [0.1, 0.15) is 0 Å². The van der Waals surface area contributed by atoms with Crippen LogP contribution in [0.15, 0.2) is 79.4 Å². The lowest BCUT2D eigenvalue weighted by atomic mass is 9.97. The molecule has 278 valence electrons. The number of aromatic nitrogens is 4. The van der Waals surface area contributed by atoms with Gasteiger partial charge in [-0.2, -0.15) is 0 Å². The predicted octanol–water partition coefficient (Wildman–Crippen LogP) is 7.41. The van der Waals surface area contributed by atoms with Crippen molar-refractivity contribution in [3.05, 3.63) is 135 Å². The van der Waals surface area contributed by atoms with Gasteiger partial charge in [0.25, 0.3) is 0 Å². The number of fused-ring (bicyclic) bond motifs is 2. The van der Waals surface area contributed by atoms with Crippen molar-refractivity contribution in [3.63, 3.8) is 0 Å². The minimum absolute atomic E-state index is 0.0243. The van der Waals surface area contributed by atoms with E-state index in [1.165, 1.54) is 11.1 Å². The van der Waals surface area contributed by atoms with Crippen LogP contribution >= 0.6 is 0 Å². The summed E-state index contributed by atoms with van der Waals surface area (Å²) in [6.45, 7) is 0.132. The number of hydrogen-bond donors (Lipinski definition) is 4. The molecule has 0 unspecified atom stereocenters. The lowest BCUT2D eigenvalue weighted by Gasteiger charge is -2.11. The summed E-state index contributed by atoms with van der Waals surface area (Å²) >= 11 is 0. The molecule has 54 heavy (non-hydrogen) atoms. The third-order valence-electron chi connectivity index (χ3n) is 10.5. The fourth-order valence-corrected chi connectivity index (χ4v) is 7.46. The fraction of sp³-hybridized carbons (Fsp3) is 0.318. The van der Waals surface area contributed by atoms with E-state index in [1.807, 2.05) is 61.7 Å². The highest BCUT2D eigenvalue weighted by atomic mass is 16.4. The van der Waals surface area contributed by atoms with Gasteiger partial charge in [0, 0.05) is 69.1 Å². The van der Waals surface area contributed by atoms with Crippen LogP contribution in [0.5, 0.6) is 0 Å². The molecule has 2 aromatic carbocycles. The highest BCUT2D eigenvalue weighted by Crippen LogP contribution is 2.41. The van der Waals surface area contributed by atoms with Crippen molar-refractivity contribution in [2.45, 2.75) is 63.2 Å². The van der Waals surface area contributed by atoms with Gasteiger partial charge in [0.15, 0.2) is 0 Å². The first-order valence-corrected chi connectivity index (χ1v) is 18.6. The molecule has 0 spiro atoms. The van der Waals surface area contributed by atoms with Gasteiger partial charge in [-0.3, -0.25) is 9.97 Å². The molecule has 0 aliphatic heterocycles. The molecule has 0 atom stereocenters. The van der Waals surface area contributed by atoms with Crippen LogP contribution in [0.2, 0.25) is 0 Å². The number of aryl methyl sites for hydroxylation is 3. The third-order valence-corrected chi connectivity index (χ3v) is 10.5. The Kier molecular flexibility index (Phi) is 10.8. The van der Waals surface area contributed by atoms with Gasteiger partial charge in [0.2, 0.25) is 0 Å². The number of carbonyl (C=O) groups is 2. The van der Waals surface area contributed by atoms with Crippen LogP contribution in [0.3, 0.4) is 0 Å². The van der Waals surface area contributed by atoms with Gasteiger partial charge in [-0.15, -0.1) is 0 Å². The molecule has 4 heterocycles. The van der Waals surface area contributed by atoms with Crippen LogP contribution in [0.4, 0.5) is 0 Å². The van der Waals surface area contributed by atoms with Gasteiger partial charge < -0.3 is 29.6 Å². The van der Waals surface area contributed by atoms with E-state index < -0.39 is 11.9 Å². The average Bonchev–Trinajstić information content (AvgIpc) is 4.10. The van der Waals surface area contributed by atoms with Crippen LogP contribution < -0.4 is 0 Å². The Labute approximate surface area is 314 Å². The van der Waals surface area contributed by atoms with Crippen molar-refractivity contribution >= 4 is 39.8 Å². The van der Waals surface area contributed by atoms with Crippen molar-refractivity contribution in [1.29, 1.82) is 0 Å². The zero-order valence-corrected chi connectivity index (χ0v) is 30.7. The number of aliphatic hydroxyl groups excluding tert-OH is 2. The lowest BCUT2D eigenvalue weighted by molar-refractivity contribution is 0.0684. The number of aromatic carboxylic acids is 2. The molecule has 6 aromatic rings. The van der Waals surface area contributed by atoms with E-state index in [1.54, 1.807) is 18.2 Å². The van der Waals surface area contributed by atoms with Crippen molar-refractivity contribution < 1.29 is 30.0 Å². The predicted molar refractivity (Wildman–Crippen MR) is 209 cm³/mol. The molecule has 0 bridgehead atoms. The molecule has 0 radical (unpaired) electrons. The first-order chi connectivity index (χ1) is 26.1. The maximum absolute atomic E-state index is 11.8. The first-order valence-electron chi connectivity index (χ1n) is 18.6. The molecule has 0 amide bonds. The Morgan fingerprint density at radius 3 is 1.76 bits per heavy atom. The SMILES string of the molecule is Cn1ccc2cc(Cc3ncc(C4CC4)cc3C(=O)O)cc(/C=C/CO)c21.Cn1ccc2cc(Cc3ncc(C4CC4)cc3C(=O)O)cc(CCCO)c21. The van der Waals surface area contributed by atoms with Crippen molar-refractivity contribution in [3.8, 4) is 0 Å². The summed E-state index contributed by atoms with van der Waals surface area (Å²) < 4.78 is 4.14. The van der Waals surface area contributed by atoms with Crippen LogP contribution in [0, 0.1) is 0 Å². The summed E-state index contributed by atoms with van der Waals surface area (Å²) in [6.07, 6.45) is 18.2. The third kappa shape index (κ3) is 8.15. The fourth-order valence-electron chi connectivity index (χ4n) is 7.46. The van der Waals surface area contributed by atoms with Gasteiger partial charge in [-0.1, -0.05) is 18.2 Å². The summed E-state index contributed by atoms with van der Waals surface area (Å²) in [6, 6.07) is 16.1. The van der Waals surface area contributed by atoms with E-state index in [9.17, 15) is 24.9 Å². The molecular formula is C44H46N4O6. The summed E-state index contributed by atoms with van der Waals surface area (Å²) in [4.78, 5) is 32.5. The molecule has 4 aromatic heterocycles. The highest BCUT2D eigenvalue weighted by molar-refractivity contribution is 5.91. The second kappa shape index (κ2) is 15.8. The molecule has 2 fully saturated rings. The number of hydrogen-bond acceptors (Lipinski definition) is 6. The molecule has 2 saturated carbocycles. The molecular weight excluding hydrogens is 681 g/mol.